The smallest absolute Gasteiger partial charge is 0.287 e. The van der Waals surface area contributed by atoms with Crippen LogP contribution in [0.25, 0.3) is 0 Å². The summed E-state index contributed by atoms with van der Waals surface area (Å²) in [5, 5.41) is 2.75. The minimum Gasteiger partial charge on any atom is -0.456 e. The molecule has 72 valence electrons. The summed E-state index contributed by atoms with van der Waals surface area (Å²) < 4.78 is 6.18. The van der Waals surface area contributed by atoms with Gasteiger partial charge in [-0.15, -0.1) is 0 Å². The predicted octanol–water partition coefficient (Wildman–Crippen LogP) is 2.01. The van der Waals surface area contributed by atoms with Crippen molar-refractivity contribution in [3.8, 4) is 0 Å². The van der Waals surface area contributed by atoms with Gasteiger partial charge in [0.25, 0.3) is 5.91 Å². The Morgan fingerprint density at radius 2 is 2.38 bits per heavy atom. The van der Waals surface area contributed by atoms with Crippen molar-refractivity contribution in [3.05, 3.63) is 23.7 Å². The molecule has 1 heterocycles. The third-order valence-corrected chi connectivity index (χ3v) is 2.15. The van der Waals surface area contributed by atoms with Crippen molar-refractivity contribution in [2.75, 3.05) is 11.0 Å². The molecule has 4 heteroatoms. The lowest BCUT2D eigenvalue weighted by Crippen LogP contribution is -2.24. The molecule has 1 aromatic rings. The summed E-state index contributed by atoms with van der Waals surface area (Å²) in [5.41, 5.74) is 0. The van der Waals surface area contributed by atoms with Crippen LogP contribution in [0.2, 0.25) is 0 Å². The molecule has 3 nitrogen and oxygen atoms in total. The number of carbonyl (C=O) groups excluding carboxylic acids is 1. The number of halogens is 1. The number of hydrogen-bond acceptors (Lipinski definition) is 2. The van der Waals surface area contributed by atoms with Crippen molar-refractivity contribution in [1.82, 2.24) is 5.32 Å². The molecular formula is C9H12INO2. The minimum absolute atomic E-state index is 0.128. The van der Waals surface area contributed by atoms with Crippen LogP contribution < -0.4 is 5.32 Å². The van der Waals surface area contributed by atoms with Gasteiger partial charge in [-0.2, -0.15) is 0 Å². The van der Waals surface area contributed by atoms with Gasteiger partial charge in [-0.1, -0.05) is 29.5 Å². The first kappa shape index (κ1) is 10.6. The van der Waals surface area contributed by atoms with Gasteiger partial charge in [-0.05, 0) is 12.1 Å². The van der Waals surface area contributed by atoms with Crippen LogP contribution in [0.3, 0.4) is 0 Å². The second kappa shape index (κ2) is 5.26. The third kappa shape index (κ3) is 3.02. The normalized spacial score (nSPS) is 10.0. The highest BCUT2D eigenvalue weighted by Gasteiger charge is 2.08. The van der Waals surface area contributed by atoms with Crippen LogP contribution in [0.5, 0.6) is 0 Å². The highest BCUT2D eigenvalue weighted by atomic mass is 127. The van der Waals surface area contributed by atoms with E-state index in [-0.39, 0.29) is 5.91 Å². The zero-order valence-electron chi connectivity index (χ0n) is 7.47. The van der Waals surface area contributed by atoms with Gasteiger partial charge in [0.1, 0.15) is 5.76 Å². The molecule has 13 heavy (non-hydrogen) atoms. The molecule has 0 saturated carbocycles. The zero-order valence-corrected chi connectivity index (χ0v) is 9.63. The molecule has 0 spiro atoms. The van der Waals surface area contributed by atoms with Gasteiger partial charge >= 0.3 is 0 Å². The van der Waals surface area contributed by atoms with Crippen LogP contribution in [-0.4, -0.2) is 16.9 Å². The van der Waals surface area contributed by atoms with E-state index in [1.807, 2.05) is 13.0 Å². The summed E-state index contributed by atoms with van der Waals surface area (Å²) in [4.78, 5) is 11.3. The minimum atomic E-state index is -0.128. The van der Waals surface area contributed by atoms with Crippen molar-refractivity contribution in [3.63, 3.8) is 0 Å². The average Bonchev–Trinajstić information content (AvgIpc) is 2.62. The molecule has 0 unspecified atom stereocenters. The molecule has 1 rings (SSSR count). The number of rotatable bonds is 4. The average molecular weight is 293 g/mol. The molecule has 1 aromatic heterocycles. The number of nitrogens with one attached hydrogen (secondary N) is 1. The maximum Gasteiger partial charge on any atom is 0.287 e. The van der Waals surface area contributed by atoms with Gasteiger partial charge in [-0.3, -0.25) is 4.79 Å². The van der Waals surface area contributed by atoms with Gasteiger partial charge < -0.3 is 9.73 Å². The van der Waals surface area contributed by atoms with E-state index in [9.17, 15) is 4.79 Å². The molecule has 0 saturated heterocycles. The largest absolute Gasteiger partial charge is 0.456 e. The lowest BCUT2D eigenvalue weighted by Gasteiger charge is -1.98. The third-order valence-electron chi connectivity index (χ3n) is 1.61. The molecule has 0 bridgehead atoms. The van der Waals surface area contributed by atoms with Crippen LogP contribution in [-0.2, 0) is 6.42 Å². The monoisotopic (exact) mass is 293 g/mol. The number of aryl methyl sites for hydroxylation is 1. The zero-order chi connectivity index (χ0) is 9.68. The van der Waals surface area contributed by atoms with E-state index in [1.54, 1.807) is 6.07 Å². The van der Waals surface area contributed by atoms with E-state index in [0.717, 1.165) is 16.6 Å². The van der Waals surface area contributed by atoms with E-state index in [0.29, 0.717) is 12.3 Å². The molecule has 0 aliphatic heterocycles. The first-order chi connectivity index (χ1) is 6.27. The van der Waals surface area contributed by atoms with Crippen molar-refractivity contribution >= 4 is 28.5 Å². The molecule has 0 atom stereocenters. The fourth-order valence-corrected chi connectivity index (χ4v) is 1.21. The standard InChI is InChI=1S/C9H12INO2/c1-2-7-3-4-8(13-7)9(12)11-6-5-10/h3-4H,2,5-6H2,1H3,(H,11,12). The maximum absolute atomic E-state index is 11.3. The molecule has 0 aromatic carbocycles. The topological polar surface area (TPSA) is 42.2 Å². The van der Waals surface area contributed by atoms with Crippen LogP contribution in [0.15, 0.2) is 16.5 Å². The first-order valence-corrected chi connectivity index (χ1v) is 5.73. The lowest BCUT2D eigenvalue weighted by molar-refractivity contribution is 0.0927. The number of carbonyl (C=O) groups is 1. The van der Waals surface area contributed by atoms with Crippen LogP contribution in [0.1, 0.15) is 23.2 Å². The van der Waals surface area contributed by atoms with Crippen LogP contribution >= 0.6 is 22.6 Å². The van der Waals surface area contributed by atoms with E-state index in [4.69, 9.17) is 4.42 Å². The van der Waals surface area contributed by atoms with Crippen molar-refractivity contribution < 1.29 is 9.21 Å². The second-order valence-electron chi connectivity index (χ2n) is 2.56. The Bertz CT molecular complexity index is 283. The molecule has 0 aliphatic rings. The van der Waals surface area contributed by atoms with E-state index >= 15 is 0 Å². The summed E-state index contributed by atoms with van der Waals surface area (Å²) in [7, 11) is 0. The van der Waals surface area contributed by atoms with Crippen LogP contribution in [0, 0.1) is 0 Å². The molecule has 1 amide bonds. The predicted molar refractivity (Wildman–Crippen MR) is 59.3 cm³/mol. The lowest BCUT2D eigenvalue weighted by atomic mass is 10.3. The fourth-order valence-electron chi connectivity index (χ4n) is 0.938. The van der Waals surface area contributed by atoms with E-state index < -0.39 is 0 Å². The van der Waals surface area contributed by atoms with Crippen molar-refractivity contribution in [1.29, 1.82) is 0 Å². The summed E-state index contributed by atoms with van der Waals surface area (Å²) in [6.45, 7) is 2.67. The van der Waals surface area contributed by atoms with Gasteiger partial charge in [0.15, 0.2) is 5.76 Å². The molecular weight excluding hydrogens is 281 g/mol. The molecule has 0 fully saturated rings. The molecule has 0 aliphatic carbocycles. The number of furan rings is 1. The van der Waals surface area contributed by atoms with Gasteiger partial charge in [-0.25, -0.2) is 0 Å². The SMILES string of the molecule is CCc1ccc(C(=O)NCCI)o1. The highest BCUT2D eigenvalue weighted by Crippen LogP contribution is 2.07. The Morgan fingerprint density at radius 3 is 2.92 bits per heavy atom. The summed E-state index contributed by atoms with van der Waals surface area (Å²) in [5.74, 6) is 1.12. The van der Waals surface area contributed by atoms with E-state index in [2.05, 4.69) is 27.9 Å². The summed E-state index contributed by atoms with van der Waals surface area (Å²) in [6, 6.07) is 3.54. The molecule has 0 radical (unpaired) electrons. The Morgan fingerprint density at radius 1 is 1.62 bits per heavy atom. The second-order valence-corrected chi connectivity index (χ2v) is 3.64. The van der Waals surface area contributed by atoms with Crippen molar-refractivity contribution in [2.45, 2.75) is 13.3 Å². The number of alkyl halides is 1. The number of hydrogen-bond donors (Lipinski definition) is 1. The molecule has 1 N–H and O–H groups in total. The quantitative estimate of drug-likeness (QED) is 0.681. The van der Waals surface area contributed by atoms with Crippen LogP contribution in [0.4, 0.5) is 0 Å². The highest BCUT2D eigenvalue weighted by molar-refractivity contribution is 14.1. The Kier molecular flexibility index (Phi) is 4.27. The Labute approximate surface area is 91.0 Å². The summed E-state index contributed by atoms with van der Waals surface area (Å²) in [6.07, 6.45) is 0.819. The van der Waals surface area contributed by atoms with Crippen molar-refractivity contribution in [2.24, 2.45) is 0 Å². The van der Waals surface area contributed by atoms with Gasteiger partial charge in [0.2, 0.25) is 0 Å². The van der Waals surface area contributed by atoms with E-state index in [1.165, 1.54) is 0 Å². The van der Waals surface area contributed by atoms with Gasteiger partial charge in [0, 0.05) is 17.4 Å². The Hall–Kier alpha value is -0.520. The number of amides is 1. The Balaban J connectivity index is 2.55. The maximum atomic E-state index is 11.3. The van der Waals surface area contributed by atoms with Gasteiger partial charge in [0.05, 0.1) is 0 Å². The summed E-state index contributed by atoms with van der Waals surface area (Å²) >= 11 is 2.21. The fraction of sp³-hybridized carbons (Fsp3) is 0.444. The first-order valence-electron chi connectivity index (χ1n) is 4.20.